The normalized spacial score (nSPS) is 15.0. The average Bonchev–Trinajstić information content (AvgIpc) is 3.02. The van der Waals surface area contributed by atoms with Crippen molar-refractivity contribution >= 4 is 21.8 Å². The van der Waals surface area contributed by atoms with Crippen LogP contribution in [0.3, 0.4) is 0 Å². The Bertz CT molecular complexity index is 651. The largest absolute Gasteiger partial charge is 0.343 e. The molecule has 1 aromatic carbocycles. The second kappa shape index (κ2) is 7.00. The Morgan fingerprint density at radius 1 is 1.23 bits per heavy atom. The Morgan fingerprint density at radius 2 is 2.05 bits per heavy atom. The number of nitrogens with zero attached hydrogens (tertiary/aromatic N) is 5. The first kappa shape index (κ1) is 15.1. The summed E-state index contributed by atoms with van der Waals surface area (Å²) < 4.78 is 0.974. The van der Waals surface area contributed by atoms with Gasteiger partial charge in [0, 0.05) is 29.5 Å². The summed E-state index contributed by atoms with van der Waals surface area (Å²) in [6.45, 7) is 2.23. The maximum atomic E-state index is 12.1. The number of aryl methyl sites for hydroxylation is 1. The molecule has 1 saturated heterocycles. The summed E-state index contributed by atoms with van der Waals surface area (Å²) in [4.78, 5) is 15.6. The van der Waals surface area contributed by atoms with Crippen LogP contribution in [0.2, 0.25) is 0 Å². The van der Waals surface area contributed by atoms with Crippen molar-refractivity contribution < 1.29 is 4.79 Å². The van der Waals surface area contributed by atoms with E-state index >= 15 is 0 Å². The van der Waals surface area contributed by atoms with E-state index in [4.69, 9.17) is 0 Å². The number of aromatic nitrogens is 4. The lowest BCUT2D eigenvalue weighted by Crippen LogP contribution is -2.36. The zero-order chi connectivity index (χ0) is 15.4. The summed E-state index contributed by atoms with van der Waals surface area (Å²) in [5.74, 6) is 0.757. The van der Waals surface area contributed by atoms with Gasteiger partial charge in [-0.2, -0.15) is 4.80 Å². The number of rotatable bonds is 4. The Hall–Kier alpha value is -1.76. The zero-order valence-corrected chi connectivity index (χ0v) is 13.9. The molecule has 1 aromatic heterocycles. The minimum absolute atomic E-state index is 0.181. The van der Waals surface area contributed by atoms with Gasteiger partial charge in [0.25, 0.3) is 0 Å². The Morgan fingerprint density at radius 3 is 2.82 bits per heavy atom. The summed E-state index contributed by atoms with van der Waals surface area (Å²) >= 11 is 3.43. The highest BCUT2D eigenvalue weighted by Gasteiger charge is 2.16. The summed E-state index contributed by atoms with van der Waals surface area (Å²) in [5.41, 5.74) is 0.906. The highest BCUT2D eigenvalue weighted by Crippen LogP contribution is 2.19. The van der Waals surface area contributed by atoms with Gasteiger partial charge in [0.05, 0.1) is 6.54 Å². The lowest BCUT2D eigenvalue weighted by Gasteiger charge is -2.26. The molecule has 0 atom stereocenters. The van der Waals surface area contributed by atoms with Crippen LogP contribution in [0.5, 0.6) is 0 Å². The molecule has 116 valence electrons. The SMILES string of the molecule is O=C(CCn1nnc(-c2cccc(Br)c2)n1)N1CCCCC1. The molecule has 0 radical (unpaired) electrons. The Labute approximate surface area is 137 Å². The fourth-order valence-electron chi connectivity index (χ4n) is 2.58. The number of tetrazole rings is 1. The predicted molar refractivity (Wildman–Crippen MR) is 86.0 cm³/mol. The van der Waals surface area contributed by atoms with Crippen molar-refractivity contribution in [3.05, 3.63) is 28.7 Å². The molecule has 1 amide bonds. The van der Waals surface area contributed by atoms with E-state index in [1.165, 1.54) is 11.2 Å². The van der Waals surface area contributed by atoms with E-state index in [1.54, 1.807) is 0 Å². The number of halogens is 1. The van der Waals surface area contributed by atoms with Gasteiger partial charge in [-0.15, -0.1) is 10.2 Å². The number of carbonyl (C=O) groups excluding carboxylic acids is 1. The molecule has 0 bridgehead atoms. The minimum atomic E-state index is 0.181. The summed E-state index contributed by atoms with van der Waals surface area (Å²) in [5, 5.41) is 12.4. The standard InChI is InChI=1S/C15H18BrN5O/c16-13-6-4-5-12(11-13)15-17-19-21(18-15)10-7-14(22)20-8-2-1-3-9-20/h4-6,11H,1-3,7-10H2. The van der Waals surface area contributed by atoms with Gasteiger partial charge in [0.15, 0.2) is 0 Å². The molecule has 2 aromatic rings. The third-order valence-electron chi connectivity index (χ3n) is 3.77. The number of benzene rings is 1. The quantitative estimate of drug-likeness (QED) is 0.836. The highest BCUT2D eigenvalue weighted by molar-refractivity contribution is 9.10. The molecule has 0 saturated carbocycles. The van der Waals surface area contributed by atoms with Gasteiger partial charge in [0.2, 0.25) is 11.7 Å². The van der Waals surface area contributed by atoms with Crippen LogP contribution < -0.4 is 0 Å². The number of hydrogen-bond acceptors (Lipinski definition) is 4. The molecule has 22 heavy (non-hydrogen) atoms. The van der Waals surface area contributed by atoms with Gasteiger partial charge in [-0.1, -0.05) is 28.1 Å². The highest BCUT2D eigenvalue weighted by atomic mass is 79.9. The molecule has 6 nitrogen and oxygen atoms in total. The molecule has 1 aliphatic heterocycles. The van der Waals surface area contributed by atoms with Gasteiger partial charge in [-0.05, 0) is 36.6 Å². The van der Waals surface area contributed by atoms with Crippen LogP contribution in [0.15, 0.2) is 28.7 Å². The van der Waals surface area contributed by atoms with Crippen LogP contribution in [-0.2, 0) is 11.3 Å². The number of amides is 1. The van der Waals surface area contributed by atoms with Crippen molar-refractivity contribution in [3.63, 3.8) is 0 Å². The predicted octanol–water partition coefficient (Wildman–Crippen LogP) is 2.51. The van der Waals surface area contributed by atoms with E-state index in [2.05, 4.69) is 31.3 Å². The number of carbonyl (C=O) groups is 1. The zero-order valence-electron chi connectivity index (χ0n) is 12.3. The van der Waals surface area contributed by atoms with Gasteiger partial charge in [0.1, 0.15) is 0 Å². The van der Waals surface area contributed by atoms with Crippen molar-refractivity contribution in [1.82, 2.24) is 25.1 Å². The van der Waals surface area contributed by atoms with E-state index in [1.807, 2.05) is 29.2 Å². The van der Waals surface area contributed by atoms with Crippen molar-refractivity contribution in [2.24, 2.45) is 0 Å². The van der Waals surface area contributed by atoms with E-state index in [0.29, 0.717) is 18.8 Å². The van der Waals surface area contributed by atoms with E-state index < -0.39 is 0 Å². The van der Waals surface area contributed by atoms with Crippen molar-refractivity contribution in [1.29, 1.82) is 0 Å². The lowest BCUT2D eigenvalue weighted by atomic mass is 10.1. The van der Waals surface area contributed by atoms with Crippen LogP contribution in [0.1, 0.15) is 25.7 Å². The fraction of sp³-hybridized carbons (Fsp3) is 0.467. The van der Waals surface area contributed by atoms with Crippen molar-refractivity contribution in [2.45, 2.75) is 32.2 Å². The monoisotopic (exact) mass is 363 g/mol. The summed E-state index contributed by atoms with van der Waals surface area (Å²) in [6, 6.07) is 7.76. The molecule has 3 rings (SSSR count). The molecule has 0 spiro atoms. The van der Waals surface area contributed by atoms with Gasteiger partial charge in [-0.25, -0.2) is 0 Å². The van der Waals surface area contributed by atoms with Crippen LogP contribution in [0.25, 0.3) is 11.4 Å². The van der Waals surface area contributed by atoms with E-state index in [0.717, 1.165) is 36.0 Å². The smallest absolute Gasteiger partial charge is 0.224 e. The van der Waals surface area contributed by atoms with Gasteiger partial charge < -0.3 is 4.90 Å². The lowest BCUT2D eigenvalue weighted by molar-refractivity contribution is -0.132. The van der Waals surface area contributed by atoms with Gasteiger partial charge in [-0.3, -0.25) is 4.79 Å². The van der Waals surface area contributed by atoms with Crippen molar-refractivity contribution in [3.8, 4) is 11.4 Å². The third-order valence-corrected chi connectivity index (χ3v) is 4.26. The molecule has 0 unspecified atom stereocenters. The molecule has 0 N–H and O–H groups in total. The topological polar surface area (TPSA) is 63.9 Å². The van der Waals surface area contributed by atoms with Gasteiger partial charge >= 0.3 is 0 Å². The first-order chi connectivity index (χ1) is 10.7. The Kier molecular flexibility index (Phi) is 4.82. The van der Waals surface area contributed by atoms with Crippen LogP contribution >= 0.6 is 15.9 Å². The number of likely N-dealkylation sites (tertiary alicyclic amines) is 1. The van der Waals surface area contributed by atoms with E-state index in [9.17, 15) is 4.79 Å². The number of hydrogen-bond donors (Lipinski definition) is 0. The maximum Gasteiger partial charge on any atom is 0.224 e. The van der Waals surface area contributed by atoms with Crippen LogP contribution in [0.4, 0.5) is 0 Å². The van der Waals surface area contributed by atoms with Crippen molar-refractivity contribution in [2.75, 3.05) is 13.1 Å². The number of piperidine rings is 1. The second-order valence-corrected chi connectivity index (χ2v) is 6.33. The van der Waals surface area contributed by atoms with Crippen LogP contribution in [-0.4, -0.2) is 44.1 Å². The molecular weight excluding hydrogens is 346 g/mol. The third kappa shape index (κ3) is 3.71. The fourth-order valence-corrected chi connectivity index (χ4v) is 2.98. The maximum absolute atomic E-state index is 12.1. The second-order valence-electron chi connectivity index (χ2n) is 5.41. The molecule has 1 aliphatic rings. The molecule has 2 heterocycles. The molecular formula is C15H18BrN5O. The molecule has 1 fully saturated rings. The summed E-state index contributed by atoms with van der Waals surface area (Å²) in [6.07, 6.45) is 3.87. The molecule has 0 aliphatic carbocycles. The van der Waals surface area contributed by atoms with Crippen LogP contribution in [0, 0.1) is 0 Å². The Balaban J connectivity index is 1.59. The first-order valence-corrected chi connectivity index (χ1v) is 8.33. The average molecular weight is 364 g/mol. The summed E-state index contributed by atoms with van der Waals surface area (Å²) in [7, 11) is 0. The molecule has 7 heteroatoms. The van der Waals surface area contributed by atoms with E-state index in [-0.39, 0.29) is 5.91 Å². The minimum Gasteiger partial charge on any atom is -0.343 e. The first-order valence-electron chi connectivity index (χ1n) is 7.54.